The molecule has 0 fully saturated rings. The zero-order chi connectivity index (χ0) is 14.3. The van der Waals surface area contributed by atoms with Crippen LogP contribution in [0.5, 0.6) is 0 Å². The summed E-state index contributed by atoms with van der Waals surface area (Å²) in [6, 6.07) is -3.33. The Hall–Kier alpha value is -2.92. The molecule has 0 aliphatic heterocycles. The number of amides is 8. The van der Waals surface area contributed by atoms with Gasteiger partial charge in [-0.15, -0.1) is 0 Å². The van der Waals surface area contributed by atoms with Gasteiger partial charge in [-0.1, -0.05) is 0 Å². The molecule has 0 saturated carbocycles. The molecule has 0 radical (unpaired) electrons. The minimum Gasteiger partial charge on any atom is -0.352 e. The van der Waals surface area contributed by atoms with Gasteiger partial charge in [0.25, 0.3) is 0 Å². The number of rotatable bonds is 0. The van der Waals surface area contributed by atoms with Crippen LogP contribution in [-0.4, -0.2) is 24.1 Å². The second-order valence-corrected chi connectivity index (χ2v) is 1.61. The first kappa shape index (κ1) is 23.2. The van der Waals surface area contributed by atoms with Crippen molar-refractivity contribution in [1.29, 1.82) is 0 Å². The van der Waals surface area contributed by atoms with E-state index in [1.165, 1.54) is 0 Å². The van der Waals surface area contributed by atoms with Crippen LogP contribution in [0.3, 0.4) is 0 Å². The van der Waals surface area contributed by atoms with Gasteiger partial charge < -0.3 is 45.9 Å². The number of nitrogens with two attached hydrogens (primary N) is 8. The van der Waals surface area contributed by atoms with Crippen LogP contribution in [0.15, 0.2) is 0 Å². The minimum atomic E-state index is -0.833. The smallest absolute Gasteiger partial charge is 0.309 e. The van der Waals surface area contributed by atoms with E-state index in [-0.39, 0.29) is 0 Å². The van der Waals surface area contributed by atoms with Crippen LogP contribution >= 0.6 is 0 Å². The zero-order valence-electron chi connectivity index (χ0n) is 8.25. The van der Waals surface area contributed by atoms with Crippen molar-refractivity contribution in [3.05, 3.63) is 0 Å². The Morgan fingerprint density at radius 2 is 0.375 bits per heavy atom. The summed E-state index contributed by atoms with van der Waals surface area (Å²) in [5, 5.41) is 0. The molecule has 0 aromatic heterocycles. The van der Waals surface area contributed by atoms with Crippen molar-refractivity contribution < 1.29 is 19.2 Å². The molecule has 0 heterocycles. The van der Waals surface area contributed by atoms with Gasteiger partial charge >= 0.3 is 24.1 Å². The first-order chi connectivity index (χ1) is 6.93. The van der Waals surface area contributed by atoms with E-state index in [4.69, 9.17) is 19.2 Å². The number of urea groups is 4. The molecule has 0 atom stereocenters. The number of primary amides is 8. The van der Waals surface area contributed by atoms with Crippen molar-refractivity contribution in [2.45, 2.75) is 0 Å². The van der Waals surface area contributed by atoms with Crippen LogP contribution in [0, 0.1) is 0 Å². The maximum Gasteiger partial charge on any atom is 0.309 e. The third kappa shape index (κ3) is 132. The van der Waals surface area contributed by atoms with Gasteiger partial charge in [-0.2, -0.15) is 0 Å². The first-order valence-corrected chi connectivity index (χ1v) is 3.13. The molecule has 0 bridgehead atoms. The number of hydrogen-bond acceptors (Lipinski definition) is 4. The highest BCUT2D eigenvalue weighted by Crippen LogP contribution is 1.26. The lowest BCUT2D eigenvalue weighted by Gasteiger charge is -1.62. The average molecular weight is 240 g/mol. The van der Waals surface area contributed by atoms with Crippen LogP contribution in [0.1, 0.15) is 0 Å². The highest BCUT2D eigenvalue weighted by Gasteiger charge is 1.61. The zero-order valence-corrected chi connectivity index (χ0v) is 8.25. The molecule has 8 amide bonds. The van der Waals surface area contributed by atoms with Crippen LogP contribution < -0.4 is 45.9 Å². The Bertz CT molecular complexity index is 164. The standard InChI is InChI=1S/4CH4N2O/c4*2-1(3)4/h4*(H4,2,3,4). The number of carbonyl (C=O) groups excluding carboxylic acids is 4. The highest BCUT2D eigenvalue weighted by molar-refractivity contribution is 5.69. The second kappa shape index (κ2) is 18.0. The Kier molecular flexibility index (Phi) is 26.0. The summed E-state index contributed by atoms with van der Waals surface area (Å²) in [4.78, 5) is 36.0. The predicted molar refractivity (Wildman–Crippen MR) is 55.1 cm³/mol. The van der Waals surface area contributed by atoms with Gasteiger partial charge in [0.2, 0.25) is 0 Å². The van der Waals surface area contributed by atoms with E-state index in [1.54, 1.807) is 0 Å². The largest absolute Gasteiger partial charge is 0.352 e. The van der Waals surface area contributed by atoms with Crippen LogP contribution in [0.4, 0.5) is 19.2 Å². The van der Waals surface area contributed by atoms with Gasteiger partial charge in [0.15, 0.2) is 0 Å². The van der Waals surface area contributed by atoms with Gasteiger partial charge in [-0.05, 0) is 0 Å². The van der Waals surface area contributed by atoms with Crippen LogP contribution in [0.2, 0.25) is 0 Å². The van der Waals surface area contributed by atoms with Gasteiger partial charge in [-0.25, -0.2) is 19.2 Å². The molecular weight excluding hydrogens is 224 g/mol. The summed E-state index contributed by atoms with van der Waals surface area (Å²) in [6.07, 6.45) is 0. The van der Waals surface area contributed by atoms with Crippen molar-refractivity contribution in [3.63, 3.8) is 0 Å². The molecule has 0 rings (SSSR count). The van der Waals surface area contributed by atoms with Crippen molar-refractivity contribution in [2.75, 3.05) is 0 Å². The summed E-state index contributed by atoms with van der Waals surface area (Å²) < 4.78 is 0. The molecule has 12 nitrogen and oxygen atoms in total. The molecule has 0 saturated heterocycles. The molecule has 0 aliphatic carbocycles. The van der Waals surface area contributed by atoms with Crippen LogP contribution in [-0.2, 0) is 0 Å². The fraction of sp³-hybridized carbons (Fsp3) is 0. The quantitative estimate of drug-likeness (QED) is 0.210. The molecule has 0 aromatic rings. The van der Waals surface area contributed by atoms with Crippen molar-refractivity contribution in [1.82, 2.24) is 0 Å². The lowest BCUT2D eigenvalue weighted by Crippen LogP contribution is -2.18. The van der Waals surface area contributed by atoms with E-state index in [2.05, 4.69) is 45.9 Å². The molecule has 16 heavy (non-hydrogen) atoms. The Labute approximate surface area is 90.2 Å². The Balaban J connectivity index is -0.0000000600. The van der Waals surface area contributed by atoms with E-state index in [9.17, 15) is 0 Å². The molecular formula is C4H16N8O4. The Morgan fingerprint density at radius 3 is 0.375 bits per heavy atom. The number of hydrogen-bond donors (Lipinski definition) is 8. The van der Waals surface area contributed by atoms with Crippen molar-refractivity contribution in [3.8, 4) is 0 Å². The molecule has 16 N–H and O–H groups in total. The molecule has 12 heteroatoms. The average Bonchev–Trinajstić information content (AvgIpc) is 1.76. The maximum atomic E-state index is 9.00. The van der Waals surface area contributed by atoms with E-state index in [0.717, 1.165) is 0 Å². The lowest BCUT2D eigenvalue weighted by molar-refractivity contribution is 0.255. The van der Waals surface area contributed by atoms with E-state index < -0.39 is 24.1 Å². The highest BCUT2D eigenvalue weighted by atomic mass is 16.2. The van der Waals surface area contributed by atoms with E-state index in [1.807, 2.05) is 0 Å². The van der Waals surface area contributed by atoms with E-state index in [0.29, 0.717) is 0 Å². The maximum absolute atomic E-state index is 9.00. The topological polar surface area (TPSA) is 276 Å². The fourth-order valence-electron chi connectivity index (χ4n) is 0. The molecule has 96 valence electrons. The summed E-state index contributed by atoms with van der Waals surface area (Å²) in [5.74, 6) is 0. The van der Waals surface area contributed by atoms with Crippen molar-refractivity contribution in [2.24, 2.45) is 45.9 Å². The predicted octanol–water partition coefficient (Wildman–Crippen LogP) is -3.90. The summed E-state index contributed by atoms with van der Waals surface area (Å²) in [5.41, 5.74) is 34.0. The van der Waals surface area contributed by atoms with Crippen LogP contribution in [0.25, 0.3) is 0 Å². The molecule has 0 spiro atoms. The third-order valence-corrected chi connectivity index (χ3v) is 0. The number of carbonyl (C=O) groups is 4. The minimum absolute atomic E-state index is 0.833. The molecule has 0 unspecified atom stereocenters. The van der Waals surface area contributed by atoms with E-state index >= 15 is 0 Å². The second-order valence-electron chi connectivity index (χ2n) is 1.61. The summed E-state index contributed by atoms with van der Waals surface area (Å²) in [6.45, 7) is 0. The first-order valence-electron chi connectivity index (χ1n) is 3.13. The third-order valence-electron chi connectivity index (χ3n) is 0. The fourth-order valence-corrected chi connectivity index (χ4v) is 0. The lowest BCUT2D eigenvalue weighted by atomic mass is 11.2. The Morgan fingerprint density at radius 1 is 0.375 bits per heavy atom. The normalized spacial score (nSPS) is 6.00. The summed E-state index contributed by atoms with van der Waals surface area (Å²) >= 11 is 0. The van der Waals surface area contributed by atoms with Gasteiger partial charge in [0.05, 0.1) is 0 Å². The van der Waals surface area contributed by atoms with Crippen molar-refractivity contribution >= 4 is 24.1 Å². The van der Waals surface area contributed by atoms with Gasteiger partial charge in [0, 0.05) is 0 Å². The SMILES string of the molecule is NC(N)=O.NC(N)=O.NC(N)=O.NC(N)=O. The molecule has 0 aliphatic rings. The summed E-state index contributed by atoms with van der Waals surface area (Å²) in [7, 11) is 0. The van der Waals surface area contributed by atoms with Gasteiger partial charge in [0.1, 0.15) is 0 Å². The molecule has 0 aromatic carbocycles. The van der Waals surface area contributed by atoms with Gasteiger partial charge in [-0.3, -0.25) is 0 Å². The monoisotopic (exact) mass is 240 g/mol.